The van der Waals surface area contributed by atoms with Crippen molar-refractivity contribution in [1.82, 2.24) is 10.2 Å². The number of carbonyl (C=O) groups is 1. The van der Waals surface area contributed by atoms with E-state index in [9.17, 15) is 4.79 Å². The number of nitrogens with zero attached hydrogens (tertiary/aromatic N) is 1. The van der Waals surface area contributed by atoms with E-state index in [-0.39, 0.29) is 12.1 Å². The van der Waals surface area contributed by atoms with Crippen LogP contribution in [0.2, 0.25) is 0 Å². The molecule has 0 radical (unpaired) electrons. The molecule has 1 heterocycles. The van der Waals surface area contributed by atoms with Gasteiger partial charge in [0.1, 0.15) is 5.60 Å². The second kappa shape index (κ2) is 7.63. The molecule has 4 nitrogen and oxygen atoms in total. The van der Waals surface area contributed by atoms with Crippen LogP contribution in [0.3, 0.4) is 0 Å². The molecule has 1 aliphatic heterocycles. The van der Waals surface area contributed by atoms with Gasteiger partial charge in [0.25, 0.3) is 0 Å². The Labute approximate surface area is 133 Å². The standard InChI is InChI=1S/C18H28N2O2/c1-18(2,3)22-17(21)19-16-11-13-20(14-16)12-7-10-15-8-5-4-6-9-15/h4-6,8-9,16H,7,10-14H2,1-3H3,(H,19,21)/t16-/m1/s1. The van der Waals surface area contributed by atoms with Crippen molar-refractivity contribution in [2.75, 3.05) is 19.6 Å². The van der Waals surface area contributed by atoms with Crippen LogP contribution in [0.5, 0.6) is 0 Å². The van der Waals surface area contributed by atoms with Gasteiger partial charge in [-0.2, -0.15) is 0 Å². The monoisotopic (exact) mass is 304 g/mol. The third kappa shape index (κ3) is 6.06. The highest BCUT2D eigenvalue weighted by Gasteiger charge is 2.25. The molecule has 1 fully saturated rings. The number of likely N-dealkylation sites (tertiary alicyclic amines) is 1. The quantitative estimate of drug-likeness (QED) is 0.908. The van der Waals surface area contributed by atoms with E-state index < -0.39 is 5.60 Å². The summed E-state index contributed by atoms with van der Waals surface area (Å²) in [5, 5.41) is 2.97. The minimum absolute atomic E-state index is 0.214. The van der Waals surface area contributed by atoms with Crippen LogP contribution in [0.25, 0.3) is 0 Å². The lowest BCUT2D eigenvalue weighted by molar-refractivity contribution is 0.0506. The lowest BCUT2D eigenvalue weighted by Gasteiger charge is -2.22. The second-order valence-corrected chi connectivity index (χ2v) is 7.02. The molecule has 1 aromatic rings. The molecule has 0 bridgehead atoms. The first-order chi connectivity index (χ1) is 10.4. The number of hydrogen-bond acceptors (Lipinski definition) is 3. The van der Waals surface area contributed by atoms with Gasteiger partial charge in [-0.15, -0.1) is 0 Å². The van der Waals surface area contributed by atoms with Crippen LogP contribution in [0.4, 0.5) is 4.79 Å². The molecular formula is C18H28N2O2. The number of amides is 1. The maximum Gasteiger partial charge on any atom is 0.407 e. The first kappa shape index (κ1) is 16.8. The Bertz CT molecular complexity index is 468. The fourth-order valence-corrected chi connectivity index (χ4v) is 2.78. The minimum Gasteiger partial charge on any atom is -0.444 e. The smallest absolute Gasteiger partial charge is 0.407 e. The van der Waals surface area contributed by atoms with Crippen LogP contribution in [-0.2, 0) is 11.2 Å². The van der Waals surface area contributed by atoms with Crippen LogP contribution >= 0.6 is 0 Å². The molecule has 0 aliphatic carbocycles. The number of rotatable bonds is 5. The van der Waals surface area contributed by atoms with Crippen molar-refractivity contribution in [3.05, 3.63) is 35.9 Å². The lowest BCUT2D eigenvalue weighted by atomic mass is 10.1. The molecule has 0 aromatic heterocycles. The Kier molecular flexibility index (Phi) is 5.83. The predicted molar refractivity (Wildman–Crippen MR) is 89.0 cm³/mol. The van der Waals surface area contributed by atoms with Crippen LogP contribution < -0.4 is 5.32 Å². The van der Waals surface area contributed by atoms with Gasteiger partial charge < -0.3 is 15.0 Å². The Morgan fingerprint density at radius 2 is 2.05 bits per heavy atom. The number of nitrogens with one attached hydrogen (secondary N) is 1. The molecule has 22 heavy (non-hydrogen) atoms. The Morgan fingerprint density at radius 3 is 2.73 bits per heavy atom. The van der Waals surface area contributed by atoms with Gasteiger partial charge in [-0.1, -0.05) is 30.3 Å². The zero-order valence-corrected chi connectivity index (χ0v) is 14.0. The maximum atomic E-state index is 11.8. The first-order valence-electron chi connectivity index (χ1n) is 8.18. The van der Waals surface area contributed by atoms with Crippen molar-refractivity contribution in [3.8, 4) is 0 Å². The van der Waals surface area contributed by atoms with Crippen molar-refractivity contribution in [2.45, 2.75) is 51.7 Å². The predicted octanol–water partition coefficient (Wildman–Crippen LogP) is 3.22. The normalized spacial score (nSPS) is 19.1. The molecule has 1 aliphatic rings. The summed E-state index contributed by atoms with van der Waals surface area (Å²) in [6.07, 6.45) is 2.97. The lowest BCUT2D eigenvalue weighted by Crippen LogP contribution is -2.40. The van der Waals surface area contributed by atoms with Crippen LogP contribution in [0, 0.1) is 0 Å². The molecule has 1 saturated heterocycles. The van der Waals surface area contributed by atoms with E-state index in [0.717, 1.165) is 38.9 Å². The summed E-state index contributed by atoms with van der Waals surface area (Å²) in [4.78, 5) is 14.2. The fourth-order valence-electron chi connectivity index (χ4n) is 2.78. The number of hydrogen-bond donors (Lipinski definition) is 1. The van der Waals surface area contributed by atoms with Gasteiger partial charge in [-0.3, -0.25) is 0 Å². The van der Waals surface area contributed by atoms with Gasteiger partial charge in [0.05, 0.1) is 0 Å². The average molecular weight is 304 g/mol. The van der Waals surface area contributed by atoms with Crippen molar-refractivity contribution in [1.29, 1.82) is 0 Å². The van der Waals surface area contributed by atoms with E-state index in [1.807, 2.05) is 20.8 Å². The summed E-state index contributed by atoms with van der Waals surface area (Å²) >= 11 is 0. The molecule has 0 unspecified atom stereocenters. The van der Waals surface area contributed by atoms with Crippen molar-refractivity contribution >= 4 is 6.09 Å². The summed E-state index contributed by atoms with van der Waals surface area (Å²) in [5.74, 6) is 0. The molecule has 0 spiro atoms. The van der Waals surface area contributed by atoms with E-state index >= 15 is 0 Å². The molecule has 0 saturated carbocycles. The van der Waals surface area contributed by atoms with E-state index in [0.29, 0.717) is 0 Å². The number of carbonyl (C=O) groups excluding carboxylic acids is 1. The van der Waals surface area contributed by atoms with Crippen molar-refractivity contribution in [3.63, 3.8) is 0 Å². The van der Waals surface area contributed by atoms with E-state index in [2.05, 4.69) is 40.5 Å². The Hall–Kier alpha value is -1.55. The second-order valence-electron chi connectivity index (χ2n) is 7.02. The third-order valence-electron chi connectivity index (χ3n) is 3.78. The van der Waals surface area contributed by atoms with Crippen molar-refractivity contribution < 1.29 is 9.53 Å². The minimum atomic E-state index is -0.432. The van der Waals surface area contributed by atoms with Gasteiger partial charge in [-0.25, -0.2) is 4.79 Å². The molecule has 2 rings (SSSR count). The molecule has 1 atom stereocenters. The van der Waals surface area contributed by atoms with Gasteiger partial charge in [0.15, 0.2) is 0 Å². The number of benzene rings is 1. The Morgan fingerprint density at radius 1 is 1.32 bits per heavy atom. The topological polar surface area (TPSA) is 41.6 Å². The van der Waals surface area contributed by atoms with Gasteiger partial charge in [-0.05, 0) is 52.1 Å². The van der Waals surface area contributed by atoms with Gasteiger partial charge in [0, 0.05) is 19.1 Å². The van der Waals surface area contributed by atoms with Gasteiger partial charge >= 0.3 is 6.09 Å². The van der Waals surface area contributed by atoms with Crippen LogP contribution in [0.15, 0.2) is 30.3 Å². The third-order valence-corrected chi connectivity index (χ3v) is 3.78. The fraction of sp³-hybridized carbons (Fsp3) is 0.611. The summed E-state index contributed by atoms with van der Waals surface area (Å²) in [7, 11) is 0. The van der Waals surface area contributed by atoms with Crippen LogP contribution in [-0.4, -0.2) is 42.3 Å². The highest BCUT2D eigenvalue weighted by molar-refractivity contribution is 5.68. The number of aryl methyl sites for hydroxylation is 1. The average Bonchev–Trinajstić information content (AvgIpc) is 2.85. The summed E-state index contributed by atoms with van der Waals surface area (Å²) in [5.41, 5.74) is 0.961. The van der Waals surface area contributed by atoms with E-state index in [1.54, 1.807) is 0 Å². The molecule has 1 amide bonds. The van der Waals surface area contributed by atoms with E-state index in [4.69, 9.17) is 4.74 Å². The molecule has 122 valence electrons. The van der Waals surface area contributed by atoms with E-state index in [1.165, 1.54) is 5.56 Å². The summed E-state index contributed by atoms with van der Waals surface area (Å²) in [6.45, 7) is 8.72. The summed E-state index contributed by atoms with van der Waals surface area (Å²) < 4.78 is 5.31. The zero-order chi connectivity index (χ0) is 16.0. The van der Waals surface area contributed by atoms with Gasteiger partial charge in [0.2, 0.25) is 0 Å². The SMILES string of the molecule is CC(C)(C)OC(=O)N[C@@H]1CCN(CCCc2ccccc2)C1. The summed E-state index contributed by atoms with van der Waals surface area (Å²) in [6, 6.07) is 10.8. The number of ether oxygens (including phenoxy) is 1. The highest BCUT2D eigenvalue weighted by Crippen LogP contribution is 2.13. The van der Waals surface area contributed by atoms with Crippen molar-refractivity contribution in [2.24, 2.45) is 0 Å². The number of alkyl carbamates (subject to hydrolysis) is 1. The molecule has 1 N–H and O–H groups in total. The molecule has 1 aromatic carbocycles. The molecular weight excluding hydrogens is 276 g/mol. The van der Waals surface area contributed by atoms with Crippen LogP contribution in [0.1, 0.15) is 39.2 Å². The zero-order valence-electron chi connectivity index (χ0n) is 14.0. The first-order valence-corrected chi connectivity index (χ1v) is 8.18. The highest BCUT2D eigenvalue weighted by atomic mass is 16.6. The maximum absolute atomic E-state index is 11.8. The Balaban J connectivity index is 1.64. The largest absolute Gasteiger partial charge is 0.444 e. The molecule has 4 heteroatoms.